The molecule has 0 aromatic carbocycles. The molecule has 242 valence electrons. The third kappa shape index (κ3) is 5.37. The van der Waals surface area contributed by atoms with E-state index in [1.165, 1.54) is 17.2 Å². The van der Waals surface area contributed by atoms with Crippen molar-refractivity contribution in [2.24, 2.45) is 0 Å². The Bertz CT molecular complexity index is 1930. The first kappa shape index (κ1) is 30.4. The number of nitrogens with one attached hydrogen (secondary N) is 1. The highest BCUT2D eigenvalue weighted by molar-refractivity contribution is 7.47. The maximum atomic E-state index is 13.2. The Hall–Kier alpha value is -3.24. The number of fused-ring (bicyclic) bond motifs is 5. The van der Waals surface area contributed by atoms with Gasteiger partial charge in [0.1, 0.15) is 48.5 Å². The lowest BCUT2D eigenvalue weighted by atomic mass is 10.1. The van der Waals surface area contributed by atoms with Crippen LogP contribution in [-0.4, -0.2) is 109 Å². The second kappa shape index (κ2) is 10.9. The molecule has 10 atom stereocenters. The SMILES string of the molecule is Cc1ncnc2c1ncn2[C@@H]1O[C@@H]2COP(=O)(O)O[C@@H]3[C@H](O)[C@@H](COP(=O)(O)O[C@H]2[C@H]1O)O[C@H]3n1cnc2c(=O)[nH]c(N)nc21. The van der Waals surface area contributed by atoms with Crippen LogP contribution in [0.4, 0.5) is 5.95 Å². The Labute approximate surface area is 249 Å². The molecule has 4 aromatic heterocycles. The van der Waals surface area contributed by atoms with E-state index < -0.39 is 83.5 Å². The second-order valence-corrected chi connectivity index (χ2v) is 13.2. The highest BCUT2D eigenvalue weighted by atomic mass is 31.2. The van der Waals surface area contributed by atoms with Gasteiger partial charge in [-0.1, -0.05) is 0 Å². The van der Waals surface area contributed by atoms with Gasteiger partial charge in [-0.25, -0.2) is 29.1 Å². The number of nitrogens with two attached hydrogens (primary N) is 1. The van der Waals surface area contributed by atoms with Crippen molar-refractivity contribution in [3.8, 4) is 0 Å². The van der Waals surface area contributed by atoms with Gasteiger partial charge in [0.15, 0.2) is 29.3 Å². The van der Waals surface area contributed by atoms with E-state index in [1.54, 1.807) is 6.92 Å². The lowest BCUT2D eigenvalue weighted by molar-refractivity contribution is -0.0672. The smallest absolute Gasteiger partial charge is 0.387 e. The molecule has 0 radical (unpaired) electrons. The first-order chi connectivity index (χ1) is 21.3. The van der Waals surface area contributed by atoms with Crippen LogP contribution in [0.25, 0.3) is 22.3 Å². The topological polar surface area (TPSA) is 304 Å². The third-order valence-electron chi connectivity index (χ3n) is 7.48. The van der Waals surface area contributed by atoms with E-state index in [0.29, 0.717) is 11.2 Å². The minimum absolute atomic E-state index is 0.121. The van der Waals surface area contributed by atoms with Crippen molar-refractivity contribution in [2.75, 3.05) is 18.9 Å². The number of ether oxygens (including phenoxy) is 2. The Kier molecular flexibility index (Phi) is 7.39. The molecular formula is C21H25N9O13P2. The quantitative estimate of drug-likeness (QED) is 0.130. The maximum absolute atomic E-state index is 13.2. The molecule has 0 aliphatic carbocycles. The Morgan fingerprint density at radius 2 is 1.49 bits per heavy atom. The number of nitrogens with zero attached hydrogens (tertiary/aromatic N) is 7. The van der Waals surface area contributed by atoms with E-state index in [1.807, 2.05) is 0 Å². The number of aliphatic hydroxyl groups is 2. The van der Waals surface area contributed by atoms with Crippen molar-refractivity contribution in [3.63, 3.8) is 0 Å². The Morgan fingerprint density at radius 3 is 2.22 bits per heavy atom. The van der Waals surface area contributed by atoms with Crippen LogP contribution in [0.3, 0.4) is 0 Å². The Balaban J connectivity index is 1.21. The number of aromatic amines is 1. The van der Waals surface area contributed by atoms with Gasteiger partial charge in [0, 0.05) is 0 Å². The summed E-state index contributed by atoms with van der Waals surface area (Å²) in [4.78, 5) is 56.3. The molecule has 0 saturated carbocycles. The summed E-state index contributed by atoms with van der Waals surface area (Å²) in [5, 5.41) is 22.2. The minimum Gasteiger partial charge on any atom is -0.387 e. The number of hydrogen-bond donors (Lipinski definition) is 6. The lowest BCUT2D eigenvalue weighted by Gasteiger charge is -2.25. The van der Waals surface area contributed by atoms with E-state index >= 15 is 0 Å². The Morgan fingerprint density at radius 1 is 0.867 bits per heavy atom. The molecule has 0 spiro atoms. The minimum atomic E-state index is -5.10. The van der Waals surface area contributed by atoms with Crippen molar-refractivity contribution < 1.29 is 56.7 Å². The van der Waals surface area contributed by atoms with Crippen LogP contribution in [-0.2, 0) is 36.7 Å². The van der Waals surface area contributed by atoms with E-state index in [0.717, 1.165) is 10.9 Å². The van der Waals surface area contributed by atoms with E-state index in [4.69, 9.17) is 33.3 Å². The lowest BCUT2D eigenvalue weighted by Crippen LogP contribution is -2.36. The molecule has 0 amide bonds. The molecule has 3 aliphatic rings. The van der Waals surface area contributed by atoms with Crippen molar-refractivity contribution >= 4 is 43.9 Å². The van der Waals surface area contributed by atoms with Crippen molar-refractivity contribution in [1.29, 1.82) is 0 Å². The van der Waals surface area contributed by atoms with Crippen molar-refractivity contribution in [3.05, 3.63) is 35.0 Å². The number of anilines is 1. The second-order valence-electron chi connectivity index (χ2n) is 10.3. The summed E-state index contributed by atoms with van der Waals surface area (Å²) in [6, 6.07) is 0. The van der Waals surface area contributed by atoms with Gasteiger partial charge < -0.3 is 35.2 Å². The summed E-state index contributed by atoms with van der Waals surface area (Å²) >= 11 is 0. The predicted octanol–water partition coefficient (Wildman–Crippen LogP) is -1.62. The van der Waals surface area contributed by atoms with Crippen LogP contribution < -0.4 is 11.3 Å². The van der Waals surface area contributed by atoms with Gasteiger partial charge in [-0.15, -0.1) is 0 Å². The molecule has 7 heterocycles. The van der Waals surface area contributed by atoms with Gasteiger partial charge in [-0.05, 0) is 6.92 Å². The number of H-pyrrole nitrogens is 1. The van der Waals surface area contributed by atoms with Gasteiger partial charge in [0.2, 0.25) is 5.95 Å². The molecule has 7 N–H and O–H groups in total. The molecule has 22 nitrogen and oxygen atoms in total. The zero-order valence-corrected chi connectivity index (χ0v) is 24.6. The first-order valence-corrected chi connectivity index (χ1v) is 16.2. The molecule has 45 heavy (non-hydrogen) atoms. The molecule has 4 aromatic rings. The van der Waals surface area contributed by atoms with Crippen LogP contribution in [0.5, 0.6) is 0 Å². The number of aromatic nitrogens is 8. The normalized spacial score (nSPS) is 37.7. The highest BCUT2D eigenvalue weighted by Crippen LogP contribution is 2.53. The molecule has 7 rings (SSSR count). The summed E-state index contributed by atoms with van der Waals surface area (Å²) < 4.78 is 61.3. The summed E-state index contributed by atoms with van der Waals surface area (Å²) in [5.41, 5.74) is 5.87. The third-order valence-corrected chi connectivity index (χ3v) is 9.45. The first-order valence-electron chi connectivity index (χ1n) is 13.2. The van der Waals surface area contributed by atoms with Gasteiger partial charge in [0.25, 0.3) is 5.56 Å². The molecule has 24 heteroatoms. The molecule has 2 bridgehead atoms. The van der Waals surface area contributed by atoms with Gasteiger partial charge in [0.05, 0.1) is 31.6 Å². The van der Waals surface area contributed by atoms with Crippen LogP contribution in [0.2, 0.25) is 0 Å². The fraction of sp³-hybridized carbons (Fsp3) is 0.524. The highest BCUT2D eigenvalue weighted by Gasteiger charge is 2.54. The number of nitrogen functional groups attached to an aromatic ring is 1. The number of aliphatic hydroxyl groups excluding tert-OH is 2. The van der Waals surface area contributed by atoms with E-state index in [9.17, 15) is 33.9 Å². The number of hydrogen-bond acceptors (Lipinski definition) is 17. The van der Waals surface area contributed by atoms with E-state index in [2.05, 4.69) is 29.9 Å². The van der Waals surface area contributed by atoms with Gasteiger partial charge in [-0.3, -0.25) is 37.0 Å². The zero-order chi connectivity index (χ0) is 31.8. The predicted molar refractivity (Wildman–Crippen MR) is 144 cm³/mol. The van der Waals surface area contributed by atoms with Gasteiger partial charge in [-0.2, -0.15) is 4.98 Å². The monoisotopic (exact) mass is 673 g/mol. The summed E-state index contributed by atoms with van der Waals surface area (Å²) in [6.45, 7) is 0.0774. The number of phosphoric acid groups is 2. The zero-order valence-electron chi connectivity index (χ0n) is 22.8. The largest absolute Gasteiger partial charge is 0.472 e. The van der Waals surface area contributed by atoms with E-state index in [-0.39, 0.29) is 22.8 Å². The molecule has 3 saturated heterocycles. The van der Waals surface area contributed by atoms with Crippen molar-refractivity contribution in [2.45, 2.75) is 56.0 Å². The van der Waals surface area contributed by atoms with Crippen LogP contribution in [0, 0.1) is 6.92 Å². The molecule has 3 aliphatic heterocycles. The fourth-order valence-electron chi connectivity index (χ4n) is 5.40. The van der Waals surface area contributed by atoms with Crippen LogP contribution in [0.15, 0.2) is 23.8 Å². The van der Waals surface area contributed by atoms with Gasteiger partial charge >= 0.3 is 15.6 Å². The van der Waals surface area contributed by atoms with Crippen LogP contribution >= 0.6 is 15.6 Å². The van der Waals surface area contributed by atoms with Crippen LogP contribution in [0.1, 0.15) is 18.1 Å². The molecular weight excluding hydrogens is 648 g/mol. The standard InChI is InChI=1S/C21H25N9O13P2/c1-7-10-16(24-4-23-7)29(5-25-10)19-13(32)14-9(41-19)3-39-45(36,37)43-15-12(31)8(2-38-44(34,35)42-14)40-20(15)30-6-26-11-17(30)27-21(22)28-18(11)33/h4-6,8-9,12-15,19-20,31-32H,2-3H2,1H3,(H,34,35)(H,36,37)(H3,22,27,28,33)/t8-,9-,12-,13-,14-,15-,19-,20-/m1/s1. The summed E-state index contributed by atoms with van der Waals surface area (Å²) in [5.74, 6) is -0.278. The maximum Gasteiger partial charge on any atom is 0.472 e. The average Bonchev–Trinajstić information content (AvgIpc) is 3.72. The number of phosphoric ester groups is 2. The number of aryl methyl sites for hydroxylation is 1. The summed E-state index contributed by atoms with van der Waals surface area (Å²) in [7, 11) is -10.1. The molecule has 2 unspecified atom stereocenters. The number of rotatable bonds is 2. The fourth-order valence-corrected chi connectivity index (χ4v) is 7.29. The molecule has 3 fully saturated rings. The number of imidazole rings is 2. The summed E-state index contributed by atoms with van der Waals surface area (Å²) in [6.07, 6.45) is -8.80. The average molecular weight is 673 g/mol. The van der Waals surface area contributed by atoms with Crippen molar-refractivity contribution in [1.82, 2.24) is 39.0 Å².